The molecule has 0 saturated carbocycles. The molecule has 0 atom stereocenters. The number of hydrogen-bond acceptors (Lipinski definition) is 2. The maximum absolute atomic E-state index is 6.20. The number of benzene rings is 2. The average molecular weight is 304 g/mol. The lowest BCUT2D eigenvalue weighted by Crippen LogP contribution is -2.14. The third kappa shape index (κ3) is 3.51. The maximum atomic E-state index is 6.20. The topological polar surface area (TPSA) is 38.4 Å². The standard InChI is InChI=1S/C19H16N2S/c20-19(21-16-8-2-1-3-9-16)18-11-5-4-7-15(18)12-13-17-10-6-14-22-17/h1-14H,(H2,20,21)/b13-12+. The van der Waals surface area contributed by atoms with Crippen molar-refractivity contribution in [2.75, 3.05) is 0 Å². The number of rotatable bonds is 4. The van der Waals surface area contributed by atoms with Crippen molar-refractivity contribution in [3.8, 4) is 0 Å². The molecule has 3 rings (SSSR count). The largest absolute Gasteiger partial charge is 0.383 e. The molecule has 0 bridgehead atoms. The van der Waals surface area contributed by atoms with Crippen LogP contribution >= 0.6 is 11.3 Å². The van der Waals surface area contributed by atoms with Crippen molar-refractivity contribution < 1.29 is 0 Å². The monoisotopic (exact) mass is 304 g/mol. The Labute approximate surface area is 134 Å². The molecule has 22 heavy (non-hydrogen) atoms. The van der Waals surface area contributed by atoms with Crippen LogP contribution in [-0.2, 0) is 0 Å². The van der Waals surface area contributed by atoms with Crippen molar-refractivity contribution in [2.45, 2.75) is 0 Å². The van der Waals surface area contributed by atoms with Gasteiger partial charge in [0.2, 0.25) is 0 Å². The molecule has 3 aromatic rings. The third-order valence-electron chi connectivity index (χ3n) is 3.21. The molecule has 0 unspecified atom stereocenters. The lowest BCUT2D eigenvalue weighted by Gasteiger charge is -2.05. The van der Waals surface area contributed by atoms with Gasteiger partial charge in [0.15, 0.2) is 0 Å². The summed E-state index contributed by atoms with van der Waals surface area (Å²) in [5.74, 6) is 0.526. The van der Waals surface area contributed by atoms with Crippen LogP contribution in [0.3, 0.4) is 0 Å². The Morgan fingerprint density at radius 1 is 0.864 bits per heavy atom. The van der Waals surface area contributed by atoms with E-state index in [9.17, 15) is 0 Å². The first-order valence-electron chi connectivity index (χ1n) is 7.03. The van der Waals surface area contributed by atoms with E-state index >= 15 is 0 Å². The van der Waals surface area contributed by atoms with Gasteiger partial charge in [0, 0.05) is 10.4 Å². The molecule has 0 radical (unpaired) electrons. The van der Waals surface area contributed by atoms with Gasteiger partial charge in [-0.3, -0.25) is 0 Å². The molecule has 0 fully saturated rings. The first kappa shape index (κ1) is 14.3. The van der Waals surface area contributed by atoms with Crippen molar-refractivity contribution in [3.05, 3.63) is 88.1 Å². The second-order valence-electron chi connectivity index (χ2n) is 4.77. The lowest BCUT2D eigenvalue weighted by molar-refractivity contribution is 1.44. The quantitative estimate of drug-likeness (QED) is 0.537. The van der Waals surface area contributed by atoms with Crippen molar-refractivity contribution in [3.63, 3.8) is 0 Å². The third-order valence-corrected chi connectivity index (χ3v) is 4.05. The van der Waals surface area contributed by atoms with E-state index in [0.717, 1.165) is 16.8 Å². The fourth-order valence-electron chi connectivity index (χ4n) is 2.14. The van der Waals surface area contributed by atoms with Gasteiger partial charge in [-0.2, -0.15) is 0 Å². The van der Waals surface area contributed by atoms with E-state index < -0.39 is 0 Å². The molecule has 0 spiro atoms. The molecule has 0 saturated heterocycles. The summed E-state index contributed by atoms with van der Waals surface area (Å²) in [5.41, 5.74) is 9.06. The zero-order valence-corrected chi connectivity index (χ0v) is 12.8. The summed E-state index contributed by atoms with van der Waals surface area (Å²) in [7, 11) is 0. The molecule has 0 aliphatic heterocycles. The Hall–Kier alpha value is -2.65. The smallest absolute Gasteiger partial charge is 0.131 e. The predicted octanol–water partition coefficient (Wildman–Crippen LogP) is 4.96. The zero-order chi connectivity index (χ0) is 15.2. The zero-order valence-electron chi connectivity index (χ0n) is 12.0. The van der Waals surface area contributed by atoms with Crippen LogP contribution in [0.25, 0.3) is 12.2 Å². The number of aliphatic imine (C=N–C) groups is 1. The Kier molecular flexibility index (Phi) is 4.47. The van der Waals surface area contributed by atoms with Gasteiger partial charge in [0.05, 0.1) is 5.69 Å². The van der Waals surface area contributed by atoms with Crippen molar-refractivity contribution in [1.82, 2.24) is 0 Å². The van der Waals surface area contributed by atoms with Crippen LogP contribution in [0, 0.1) is 0 Å². The van der Waals surface area contributed by atoms with Crippen LogP contribution in [-0.4, -0.2) is 5.84 Å². The fourth-order valence-corrected chi connectivity index (χ4v) is 2.75. The molecule has 0 aliphatic rings. The maximum Gasteiger partial charge on any atom is 0.131 e. The molecule has 2 N–H and O–H groups in total. The highest BCUT2D eigenvalue weighted by Gasteiger charge is 2.03. The van der Waals surface area contributed by atoms with Crippen LogP contribution in [0.15, 0.2) is 77.1 Å². The summed E-state index contributed by atoms with van der Waals surface area (Å²) in [4.78, 5) is 5.71. The van der Waals surface area contributed by atoms with Gasteiger partial charge in [-0.15, -0.1) is 11.3 Å². The molecule has 108 valence electrons. The number of hydrogen-bond donors (Lipinski definition) is 1. The van der Waals surface area contributed by atoms with Crippen molar-refractivity contribution in [2.24, 2.45) is 10.7 Å². The number of nitrogens with zero attached hydrogens (tertiary/aromatic N) is 1. The Morgan fingerprint density at radius 2 is 1.64 bits per heavy atom. The van der Waals surface area contributed by atoms with Gasteiger partial charge >= 0.3 is 0 Å². The highest BCUT2D eigenvalue weighted by atomic mass is 32.1. The number of amidine groups is 1. The Balaban J connectivity index is 1.92. The number of nitrogens with two attached hydrogens (primary N) is 1. The van der Waals surface area contributed by atoms with Gasteiger partial charge in [-0.25, -0.2) is 4.99 Å². The molecule has 1 aromatic heterocycles. The minimum absolute atomic E-state index is 0.526. The normalized spacial score (nSPS) is 11.9. The predicted molar refractivity (Wildman–Crippen MR) is 96.5 cm³/mol. The molecular formula is C19H16N2S. The van der Waals surface area contributed by atoms with E-state index in [1.807, 2.05) is 60.7 Å². The average Bonchev–Trinajstić information content (AvgIpc) is 3.07. The van der Waals surface area contributed by atoms with E-state index in [1.54, 1.807) is 11.3 Å². The summed E-state index contributed by atoms with van der Waals surface area (Å²) in [6.45, 7) is 0. The SMILES string of the molecule is N/C(=N\c1ccccc1)c1ccccc1/C=C/c1cccs1. The Morgan fingerprint density at radius 3 is 2.41 bits per heavy atom. The van der Waals surface area contributed by atoms with Crippen molar-refractivity contribution >= 4 is 35.0 Å². The highest BCUT2D eigenvalue weighted by Crippen LogP contribution is 2.18. The highest BCUT2D eigenvalue weighted by molar-refractivity contribution is 7.10. The first-order chi connectivity index (χ1) is 10.8. The lowest BCUT2D eigenvalue weighted by atomic mass is 10.1. The summed E-state index contributed by atoms with van der Waals surface area (Å²) in [6, 6.07) is 21.9. The van der Waals surface area contributed by atoms with E-state index in [1.165, 1.54) is 4.88 Å². The number of thiophene rings is 1. The molecule has 2 aromatic carbocycles. The molecule has 0 aliphatic carbocycles. The van der Waals surface area contributed by atoms with Gasteiger partial charge in [-0.1, -0.05) is 54.6 Å². The molecule has 2 nitrogen and oxygen atoms in total. The minimum atomic E-state index is 0.526. The van der Waals surface area contributed by atoms with Gasteiger partial charge in [-0.05, 0) is 35.2 Å². The molecule has 0 amide bonds. The van der Waals surface area contributed by atoms with Crippen LogP contribution in [0.5, 0.6) is 0 Å². The van der Waals surface area contributed by atoms with Crippen LogP contribution in [0.2, 0.25) is 0 Å². The second-order valence-corrected chi connectivity index (χ2v) is 5.75. The first-order valence-corrected chi connectivity index (χ1v) is 7.91. The fraction of sp³-hybridized carbons (Fsp3) is 0. The minimum Gasteiger partial charge on any atom is -0.383 e. The van der Waals surface area contributed by atoms with Crippen LogP contribution < -0.4 is 5.73 Å². The molecular weight excluding hydrogens is 288 g/mol. The molecule has 1 heterocycles. The summed E-state index contributed by atoms with van der Waals surface area (Å²) in [6.07, 6.45) is 4.17. The van der Waals surface area contributed by atoms with E-state index in [4.69, 9.17) is 5.73 Å². The summed E-state index contributed by atoms with van der Waals surface area (Å²) < 4.78 is 0. The van der Waals surface area contributed by atoms with Crippen LogP contribution in [0.4, 0.5) is 5.69 Å². The molecule has 3 heteroatoms. The van der Waals surface area contributed by atoms with E-state index in [2.05, 4.69) is 28.6 Å². The van der Waals surface area contributed by atoms with E-state index in [-0.39, 0.29) is 0 Å². The number of para-hydroxylation sites is 1. The van der Waals surface area contributed by atoms with Gasteiger partial charge in [0.25, 0.3) is 0 Å². The Bertz CT molecular complexity index is 787. The van der Waals surface area contributed by atoms with Crippen molar-refractivity contribution in [1.29, 1.82) is 0 Å². The summed E-state index contributed by atoms with van der Waals surface area (Å²) >= 11 is 1.71. The van der Waals surface area contributed by atoms with Gasteiger partial charge in [0.1, 0.15) is 5.84 Å². The summed E-state index contributed by atoms with van der Waals surface area (Å²) in [5, 5.41) is 2.07. The second kappa shape index (κ2) is 6.87. The van der Waals surface area contributed by atoms with Crippen LogP contribution in [0.1, 0.15) is 16.0 Å². The van der Waals surface area contributed by atoms with E-state index in [0.29, 0.717) is 5.84 Å². The van der Waals surface area contributed by atoms with Gasteiger partial charge < -0.3 is 5.73 Å².